The maximum absolute atomic E-state index is 14.0. The molecule has 0 radical (unpaired) electrons. The Labute approximate surface area is 133 Å². The molecule has 1 aromatic carbocycles. The van der Waals surface area contributed by atoms with Crippen LogP contribution < -0.4 is 0 Å². The van der Waals surface area contributed by atoms with E-state index >= 15 is 0 Å². The lowest BCUT2D eigenvalue weighted by atomic mass is 9.94. The molecule has 0 heterocycles. The number of hydrogen-bond acceptors (Lipinski definition) is 0. The highest BCUT2D eigenvalue weighted by atomic mass is 19.1. The molecule has 116 valence electrons. The van der Waals surface area contributed by atoms with Crippen molar-refractivity contribution in [2.45, 2.75) is 39.3 Å². The molecule has 0 aliphatic heterocycles. The van der Waals surface area contributed by atoms with Crippen LogP contribution in [-0.2, 0) is 0 Å². The molecule has 1 atom stereocenters. The quantitative estimate of drug-likeness (QED) is 0.498. The van der Waals surface area contributed by atoms with Crippen molar-refractivity contribution in [1.82, 2.24) is 0 Å². The highest BCUT2D eigenvalue weighted by Crippen LogP contribution is 2.29. The molecule has 1 unspecified atom stereocenters. The van der Waals surface area contributed by atoms with Gasteiger partial charge in [0.05, 0.1) is 0 Å². The minimum absolute atomic E-state index is 0.0100. The fourth-order valence-electron chi connectivity index (χ4n) is 2.70. The van der Waals surface area contributed by atoms with Crippen LogP contribution in [0.3, 0.4) is 0 Å². The zero-order valence-electron chi connectivity index (χ0n) is 13.6. The monoisotopic (exact) mass is 296 g/mol. The average Bonchev–Trinajstić information content (AvgIpc) is 3.04. The second-order valence-electron chi connectivity index (χ2n) is 6.15. The third-order valence-electron chi connectivity index (χ3n) is 4.07. The van der Waals surface area contributed by atoms with E-state index in [4.69, 9.17) is 0 Å². The first-order chi connectivity index (χ1) is 10.6. The summed E-state index contributed by atoms with van der Waals surface area (Å²) >= 11 is 0. The minimum Gasteiger partial charge on any atom is -0.242 e. The Hall–Kier alpha value is -1.89. The van der Waals surface area contributed by atoms with Gasteiger partial charge in [0.25, 0.3) is 0 Å². The summed E-state index contributed by atoms with van der Waals surface area (Å²) < 4.78 is 14.0. The van der Waals surface area contributed by atoms with E-state index in [2.05, 4.69) is 30.9 Å². The molecular formula is C21H25F. The van der Waals surface area contributed by atoms with E-state index in [0.29, 0.717) is 0 Å². The predicted molar refractivity (Wildman–Crippen MR) is 94.4 cm³/mol. The highest BCUT2D eigenvalue weighted by molar-refractivity contribution is 5.67. The lowest BCUT2D eigenvalue weighted by Gasteiger charge is -2.14. The van der Waals surface area contributed by atoms with Gasteiger partial charge in [0.1, 0.15) is 6.17 Å². The van der Waals surface area contributed by atoms with Crippen LogP contribution in [0.15, 0.2) is 66.8 Å². The summed E-state index contributed by atoms with van der Waals surface area (Å²) in [5.74, 6) is 0.0100. The molecular weight excluding hydrogens is 271 g/mol. The molecule has 0 spiro atoms. The van der Waals surface area contributed by atoms with Gasteiger partial charge < -0.3 is 0 Å². The Morgan fingerprint density at radius 1 is 1.27 bits per heavy atom. The lowest BCUT2D eigenvalue weighted by Crippen LogP contribution is -2.00. The second-order valence-corrected chi connectivity index (χ2v) is 6.15. The minimum atomic E-state index is -0.893. The summed E-state index contributed by atoms with van der Waals surface area (Å²) in [5, 5.41) is 0. The molecule has 1 aliphatic carbocycles. The fraction of sp³-hybridized carbons (Fsp3) is 0.333. The summed E-state index contributed by atoms with van der Waals surface area (Å²) in [7, 11) is 0. The number of benzene rings is 1. The molecule has 0 saturated carbocycles. The number of hydrogen-bond donors (Lipinski definition) is 0. The van der Waals surface area contributed by atoms with Gasteiger partial charge in [0, 0.05) is 0 Å². The number of rotatable bonds is 7. The number of allylic oxidation sites excluding steroid dienone is 7. The van der Waals surface area contributed by atoms with E-state index in [0.717, 1.165) is 30.4 Å². The highest BCUT2D eigenvalue weighted by Gasteiger charge is 2.14. The first-order valence-corrected chi connectivity index (χ1v) is 8.02. The maximum Gasteiger partial charge on any atom is 0.127 e. The van der Waals surface area contributed by atoms with E-state index in [1.165, 1.54) is 11.1 Å². The van der Waals surface area contributed by atoms with E-state index in [9.17, 15) is 4.39 Å². The summed E-state index contributed by atoms with van der Waals surface area (Å²) in [6.07, 6.45) is 12.6. The van der Waals surface area contributed by atoms with Crippen molar-refractivity contribution in [2.75, 3.05) is 0 Å². The van der Waals surface area contributed by atoms with Crippen molar-refractivity contribution in [1.29, 1.82) is 0 Å². The zero-order valence-corrected chi connectivity index (χ0v) is 13.6. The van der Waals surface area contributed by atoms with Crippen molar-refractivity contribution in [3.63, 3.8) is 0 Å². The topological polar surface area (TPSA) is 0 Å². The van der Waals surface area contributed by atoms with Gasteiger partial charge in [-0.25, -0.2) is 4.39 Å². The van der Waals surface area contributed by atoms with Gasteiger partial charge in [-0.15, -0.1) is 0 Å². The molecule has 2 rings (SSSR count). The molecule has 0 bridgehead atoms. The SMILES string of the molecule is C=C/C=C(\CCC1=CC=CC1)c1ccc(C(F)C(C)C)cc1. The van der Waals surface area contributed by atoms with Crippen molar-refractivity contribution >= 4 is 5.57 Å². The third kappa shape index (κ3) is 4.30. The largest absolute Gasteiger partial charge is 0.242 e. The zero-order chi connectivity index (χ0) is 15.9. The van der Waals surface area contributed by atoms with Crippen molar-refractivity contribution in [2.24, 2.45) is 5.92 Å². The van der Waals surface area contributed by atoms with Gasteiger partial charge in [0.15, 0.2) is 0 Å². The molecule has 0 amide bonds. The summed E-state index contributed by atoms with van der Waals surface area (Å²) in [4.78, 5) is 0. The van der Waals surface area contributed by atoms with Gasteiger partial charge in [-0.1, -0.05) is 80.6 Å². The van der Waals surface area contributed by atoms with E-state index in [1.54, 1.807) is 0 Å². The van der Waals surface area contributed by atoms with Crippen LogP contribution in [0, 0.1) is 5.92 Å². The molecule has 1 aromatic rings. The van der Waals surface area contributed by atoms with Crippen LogP contribution in [0.4, 0.5) is 4.39 Å². The third-order valence-corrected chi connectivity index (χ3v) is 4.07. The van der Waals surface area contributed by atoms with Crippen molar-refractivity contribution < 1.29 is 4.39 Å². The first kappa shape index (κ1) is 16.5. The Balaban J connectivity index is 2.08. The van der Waals surface area contributed by atoms with Crippen LogP contribution in [0.5, 0.6) is 0 Å². The van der Waals surface area contributed by atoms with Crippen LogP contribution >= 0.6 is 0 Å². The second kappa shape index (κ2) is 7.93. The standard InChI is InChI=1S/C21H25F/c1-4-7-18(11-10-17-8-5-6-9-17)19-12-14-20(15-13-19)21(22)16(2)3/h4-8,12-16,21H,1,9-11H2,2-3H3/b18-7+. The predicted octanol–water partition coefficient (Wildman–Crippen LogP) is 6.59. The Bertz CT molecular complexity index is 585. The maximum atomic E-state index is 14.0. The summed E-state index contributed by atoms with van der Waals surface area (Å²) in [6.45, 7) is 7.63. The van der Waals surface area contributed by atoms with Crippen LogP contribution in [0.1, 0.15) is 50.4 Å². The van der Waals surface area contributed by atoms with Gasteiger partial charge in [-0.05, 0) is 41.9 Å². The fourth-order valence-corrected chi connectivity index (χ4v) is 2.70. The molecule has 0 N–H and O–H groups in total. The van der Waals surface area contributed by atoms with E-state index < -0.39 is 6.17 Å². The molecule has 0 fully saturated rings. The molecule has 1 heteroatoms. The van der Waals surface area contributed by atoms with Crippen LogP contribution in [0.2, 0.25) is 0 Å². The Kier molecular flexibility index (Phi) is 5.94. The molecule has 0 saturated heterocycles. The van der Waals surface area contributed by atoms with Crippen LogP contribution in [-0.4, -0.2) is 0 Å². The van der Waals surface area contributed by atoms with Crippen molar-refractivity contribution in [3.05, 3.63) is 77.9 Å². The lowest BCUT2D eigenvalue weighted by molar-refractivity contribution is 0.262. The van der Waals surface area contributed by atoms with Crippen molar-refractivity contribution in [3.8, 4) is 0 Å². The van der Waals surface area contributed by atoms with Gasteiger partial charge in [0.2, 0.25) is 0 Å². The average molecular weight is 296 g/mol. The molecule has 1 aliphatic rings. The normalized spacial score (nSPS) is 16.0. The first-order valence-electron chi connectivity index (χ1n) is 8.02. The van der Waals surface area contributed by atoms with E-state index in [-0.39, 0.29) is 5.92 Å². The molecule has 0 nitrogen and oxygen atoms in total. The van der Waals surface area contributed by atoms with Gasteiger partial charge in [-0.2, -0.15) is 0 Å². The van der Waals surface area contributed by atoms with Gasteiger partial charge >= 0.3 is 0 Å². The Morgan fingerprint density at radius 2 is 2.00 bits per heavy atom. The molecule has 0 aromatic heterocycles. The summed E-state index contributed by atoms with van der Waals surface area (Å²) in [6, 6.07) is 7.88. The molecule has 22 heavy (non-hydrogen) atoms. The van der Waals surface area contributed by atoms with Crippen LogP contribution in [0.25, 0.3) is 5.57 Å². The summed E-state index contributed by atoms with van der Waals surface area (Å²) in [5.41, 5.74) is 4.65. The van der Waals surface area contributed by atoms with Gasteiger partial charge in [-0.3, -0.25) is 0 Å². The number of halogens is 1. The smallest absolute Gasteiger partial charge is 0.127 e. The Morgan fingerprint density at radius 3 is 2.55 bits per heavy atom. The van der Waals surface area contributed by atoms with E-state index in [1.807, 2.05) is 44.2 Å². The number of alkyl halides is 1.